The predicted molar refractivity (Wildman–Crippen MR) is 238 cm³/mol. The number of hydrogen-bond acceptors (Lipinski definition) is 17. The van der Waals surface area contributed by atoms with Crippen molar-refractivity contribution in [1.29, 1.82) is 0 Å². The molecule has 17 nitrogen and oxygen atoms in total. The topological polar surface area (TPSA) is 240 Å². The Morgan fingerprint density at radius 3 is 2.20 bits per heavy atom. The van der Waals surface area contributed by atoms with Crippen LogP contribution in [0.2, 0.25) is 0 Å². The maximum absolute atomic E-state index is 13.5. The van der Waals surface area contributed by atoms with Crippen LogP contribution in [0.4, 0.5) is 0 Å². The molecule has 3 fully saturated rings. The first-order chi connectivity index (χ1) is 31.0. The molecule has 370 valence electrons. The Morgan fingerprint density at radius 1 is 0.848 bits per heavy atom. The van der Waals surface area contributed by atoms with Gasteiger partial charge in [0.2, 0.25) is 5.79 Å². The van der Waals surface area contributed by atoms with Crippen molar-refractivity contribution >= 4 is 29.8 Å². The Bertz CT molecular complexity index is 1860. The highest BCUT2D eigenvalue weighted by Gasteiger charge is 2.59. The first kappa shape index (κ1) is 54.4. The number of carbonyl (C=O) groups is 5. The van der Waals surface area contributed by atoms with Gasteiger partial charge in [-0.2, -0.15) is 0 Å². The Labute approximate surface area is 388 Å². The molecule has 0 radical (unpaired) electrons. The third kappa shape index (κ3) is 14.2. The van der Waals surface area contributed by atoms with E-state index >= 15 is 0 Å². The molecule has 4 heterocycles. The number of aliphatic hydroxyl groups is 4. The molecule has 4 rings (SSSR count). The van der Waals surface area contributed by atoms with Crippen molar-refractivity contribution in [3.8, 4) is 0 Å². The molecule has 0 saturated carbocycles. The average molecular weight is 933 g/mol. The van der Waals surface area contributed by atoms with Crippen LogP contribution in [0.3, 0.4) is 0 Å². The van der Waals surface area contributed by atoms with Gasteiger partial charge >= 0.3 is 29.8 Å². The lowest BCUT2D eigenvalue weighted by molar-refractivity contribution is -0.348. The molecule has 66 heavy (non-hydrogen) atoms. The molecule has 4 N–H and O–H groups in total. The summed E-state index contributed by atoms with van der Waals surface area (Å²) >= 11 is 0. The predicted octanol–water partition coefficient (Wildman–Crippen LogP) is 5.06. The van der Waals surface area contributed by atoms with E-state index < -0.39 is 114 Å². The van der Waals surface area contributed by atoms with Crippen LogP contribution in [0, 0.1) is 10.8 Å². The van der Waals surface area contributed by atoms with E-state index in [-0.39, 0.29) is 56.9 Å². The Morgan fingerprint density at radius 2 is 1.55 bits per heavy atom. The molecule has 6 bridgehead atoms. The number of ether oxygens (including phenoxy) is 8. The van der Waals surface area contributed by atoms with Gasteiger partial charge in [-0.05, 0) is 44.6 Å². The lowest BCUT2D eigenvalue weighted by Gasteiger charge is -2.53. The number of methoxy groups -OCH3 is 2. The highest BCUT2D eigenvalue weighted by atomic mass is 16.7. The van der Waals surface area contributed by atoms with Gasteiger partial charge in [-0.3, -0.25) is 9.59 Å². The third-order valence-corrected chi connectivity index (χ3v) is 12.8. The maximum atomic E-state index is 13.5. The average Bonchev–Trinajstić information content (AvgIpc) is 3.22. The van der Waals surface area contributed by atoms with Crippen LogP contribution in [0.5, 0.6) is 0 Å². The first-order valence-corrected chi connectivity index (χ1v) is 23.0. The van der Waals surface area contributed by atoms with Crippen molar-refractivity contribution in [1.82, 2.24) is 0 Å². The summed E-state index contributed by atoms with van der Waals surface area (Å²) in [5.74, 6) is -8.19. The molecule has 0 spiro atoms. The summed E-state index contributed by atoms with van der Waals surface area (Å²) in [5.41, 5.74) is -2.05. The second-order valence-corrected chi connectivity index (χ2v) is 18.9. The lowest BCUT2D eigenvalue weighted by Crippen LogP contribution is -2.62. The van der Waals surface area contributed by atoms with E-state index in [0.717, 1.165) is 26.0 Å². The lowest BCUT2D eigenvalue weighted by atomic mass is 9.70. The van der Waals surface area contributed by atoms with Gasteiger partial charge < -0.3 is 58.3 Å². The standard InChI is InChI=1S/C49H72O17/c1-10-12-13-14-15-17-41(53)64-45-32(24-43(55)60-9)23-35-27-38(30(3)50)62-44(56)26-33(51)25-36-28-39(63-40(52)16-11-2)47(6,7)48(57,65-36)29-37-21-31(22-42(54)59-8)20-34(61-37)18-19-46(4,5)49(45,58)66-35/h13-15,17-19,22,24,30,33-39,45,50-51,57-58H,10-12,16,20-21,23,25-29H2,1-9H3/b14-13+,17-15+,19-18+,31-22+,32-24+/t30-,33-,34+,35?,36-,37+,38-,39+,45?,48+,49?/m1/s1. The minimum atomic E-state index is -2.47. The largest absolute Gasteiger partial charge is 0.466 e. The van der Waals surface area contributed by atoms with E-state index in [1.165, 1.54) is 32.3 Å². The molecule has 0 amide bonds. The van der Waals surface area contributed by atoms with Crippen molar-refractivity contribution < 1.29 is 82.3 Å². The van der Waals surface area contributed by atoms with Crippen molar-refractivity contribution in [2.45, 2.75) is 192 Å². The Balaban J connectivity index is 1.89. The molecule has 4 aliphatic rings. The zero-order valence-electron chi connectivity index (χ0n) is 39.9. The Hall–Kier alpha value is -4.23. The molecule has 0 aliphatic carbocycles. The Kier molecular flexibility index (Phi) is 19.5. The number of unbranched alkanes of at least 4 members (excludes halogenated alkanes) is 1. The van der Waals surface area contributed by atoms with Gasteiger partial charge in [-0.25, -0.2) is 14.4 Å². The zero-order valence-corrected chi connectivity index (χ0v) is 39.9. The first-order valence-electron chi connectivity index (χ1n) is 23.0. The minimum absolute atomic E-state index is 0.0819. The van der Waals surface area contributed by atoms with Gasteiger partial charge in [0.1, 0.15) is 12.2 Å². The van der Waals surface area contributed by atoms with Gasteiger partial charge in [-0.15, -0.1) is 0 Å². The van der Waals surface area contributed by atoms with Gasteiger partial charge in [-0.1, -0.05) is 83.9 Å². The molecule has 0 aromatic carbocycles. The van der Waals surface area contributed by atoms with E-state index in [9.17, 15) is 44.4 Å². The van der Waals surface area contributed by atoms with Crippen LogP contribution in [-0.4, -0.2) is 131 Å². The highest BCUT2D eigenvalue weighted by Crippen LogP contribution is 2.50. The summed E-state index contributed by atoms with van der Waals surface area (Å²) in [6.07, 6.45) is 3.27. The van der Waals surface area contributed by atoms with Gasteiger partial charge in [0, 0.05) is 55.7 Å². The van der Waals surface area contributed by atoms with Crippen LogP contribution < -0.4 is 0 Å². The monoisotopic (exact) mass is 932 g/mol. The molecule has 17 heteroatoms. The number of aliphatic hydroxyl groups excluding tert-OH is 2. The SMILES string of the molecule is CCC/C=C/C=C/C(=O)OC1/C(=C/C(=O)OC)CC2C[C@H]([C@@H](C)O)OC(=O)C[C@H](O)C[C@@H]3C[C@H](OC(=O)CCC)C(C)(C)[C@](O)(C[C@@H]4C/C(=C/C(=O)OC)C[C@H](/C=C/C(C)(C)C1(O)O2)O4)O3. The third-order valence-electron chi connectivity index (χ3n) is 12.8. The minimum Gasteiger partial charge on any atom is -0.466 e. The van der Waals surface area contributed by atoms with Crippen molar-refractivity contribution in [3.05, 3.63) is 59.8 Å². The number of allylic oxidation sites excluding steroid dienone is 3. The molecular formula is C49H72O17. The van der Waals surface area contributed by atoms with Crippen LogP contribution in [0.25, 0.3) is 0 Å². The van der Waals surface area contributed by atoms with Crippen molar-refractivity contribution in [2.24, 2.45) is 10.8 Å². The van der Waals surface area contributed by atoms with Crippen LogP contribution in [0.15, 0.2) is 59.8 Å². The molecule has 3 saturated heterocycles. The second kappa shape index (κ2) is 23.7. The van der Waals surface area contributed by atoms with Crippen LogP contribution >= 0.6 is 0 Å². The van der Waals surface area contributed by atoms with E-state index in [1.807, 2.05) is 19.9 Å². The summed E-state index contributed by atoms with van der Waals surface area (Å²) in [5, 5.41) is 47.8. The fourth-order valence-electron chi connectivity index (χ4n) is 8.79. The quantitative estimate of drug-likeness (QED) is 0.0696. The molecular weight excluding hydrogens is 861 g/mol. The van der Waals surface area contributed by atoms with E-state index in [1.54, 1.807) is 45.9 Å². The zero-order chi connectivity index (χ0) is 49.0. The summed E-state index contributed by atoms with van der Waals surface area (Å²) in [7, 11) is 2.41. The molecule has 3 unspecified atom stereocenters. The van der Waals surface area contributed by atoms with E-state index in [4.69, 9.17) is 37.9 Å². The highest BCUT2D eigenvalue weighted by molar-refractivity contribution is 5.85. The van der Waals surface area contributed by atoms with Gasteiger partial charge in [0.25, 0.3) is 0 Å². The molecule has 4 aliphatic heterocycles. The summed E-state index contributed by atoms with van der Waals surface area (Å²) < 4.78 is 47.1. The molecule has 0 aromatic rings. The normalized spacial score (nSPS) is 35.1. The van der Waals surface area contributed by atoms with Gasteiger partial charge in [0.05, 0.1) is 62.7 Å². The van der Waals surface area contributed by atoms with E-state index in [0.29, 0.717) is 12.0 Å². The number of rotatable bonds is 11. The number of fused-ring (bicyclic) bond motifs is 6. The summed E-state index contributed by atoms with van der Waals surface area (Å²) in [6, 6.07) is 0. The number of carbonyl (C=O) groups excluding carboxylic acids is 5. The van der Waals surface area contributed by atoms with Gasteiger partial charge in [0.15, 0.2) is 11.9 Å². The van der Waals surface area contributed by atoms with Crippen LogP contribution in [0.1, 0.15) is 126 Å². The van der Waals surface area contributed by atoms with Crippen molar-refractivity contribution in [3.63, 3.8) is 0 Å². The number of esters is 5. The van der Waals surface area contributed by atoms with Crippen molar-refractivity contribution in [2.75, 3.05) is 14.2 Å². The molecule has 11 atom stereocenters. The maximum Gasteiger partial charge on any atom is 0.331 e. The number of cyclic esters (lactones) is 1. The summed E-state index contributed by atoms with van der Waals surface area (Å²) in [4.78, 5) is 65.4. The van der Waals surface area contributed by atoms with Crippen LogP contribution in [-0.2, 0) is 61.9 Å². The smallest absolute Gasteiger partial charge is 0.331 e. The molecule has 0 aromatic heterocycles. The summed E-state index contributed by atoms with van der Waals surface area (Å²) in [6.45, 7) is 11.9. The van der Waals surface area contributed by atoms with E-state index in [2.05, 4.69) is 0 Å². The number of hydrogen-bond donors (Lipinski definition) is 4. The fraction of sp³-hybridized carbons (Fsp3) is 0.694. The second-order valence-electron chi connectivity index (χ2n) is 18.9. The fourth-order valence-corrected chi connectivity index (χ4v) is 8.79.